The molecule has 0 radical (unpaired) electrons. The number of hydrogen-bond acceptors (Lipinski definition) is 4. The van der Waals surface area contributed by atoms with Crippen LogP contribution in [0.3, 0.4) is 0 Å². The van der Waals surface area contributed by atoms with Crippen molar-refractivity contribution >= 4 is 17.7 Å². The van der Waals surface area contributed by atoms with Gasteiger partial charge in [-0.25, -0.2) is 0 Å². The maximum absolute atomic E-state index is 12.7. The zero-order valence-electron chi connectivity index (χ0n) is 13.9. The van der Waals surface area contributed by atoms with Gasteiger partial charge in [-0.2, -0.15) is 0 Å². The van der Waals surface area contributed by atoms with E-state index in [1.54, 1.807) is 11.8 Å². The first-order valence-corrected chi connectivity index (χ1v) is 9.68. The van der Waals surface area contributed by atoms with Crippen LogP contribution in [0, 0.1) is 0 Å². The van der Waals surface area contributed by atoms with Gasteiger partial charge in [-0.15, -0.1) is 11.8 Å². The van der Waals surface area contributed by atoms with Gasteiger partial charge in [0.25, 0.3) is 0 Å². The van der Waals surface area contributed by atoms with Gasteiger partial charge >= 0.3 is 0 Å². The summed E-state index contributed by atoms with van der Waals surface area (Å²) >= 11 is 1.75. The van der Waals surface area contributed by atoms with Crippen LogP contribution in [0.1, 0.15) is 18.9 Å². The number of amides is 1. The molecule has 23 heavy (non-hydrogen) atoms. The van der Waals surface area contributed by atoms with Crippen LogP contribution in [0.2, 0.25) is 0 Å². The van der Waals surface area contributed by atoms with E-state index in [4.69, 9.17) is 0 Å². The number of nitrogens with zero attached hydrogens (tertiary/aromatic N) is 2. The smallest absolute Gasteiger partial charge is 0.235 e. The Morgan fingerprint density at radius 1 is 1.26 bits per heavy atom. The van der Waals surface area contributed by atoms with Crippen molar-refractivity contribution in [2.75, 3.05) is 39.3 Å². The van der Waals surface area contributed by atoms with E-state index in [0.29, 0.717) is 11.9 Å². The summed E-state index contributed by atoms with van der Waals surface area (Å²) in [5.74, 6) is 1.21. The summed E-state index contributed by atoms with van der Waals surface area (Å²) in [6.07, 6.45) is 1.13. The Bertz CT molecular complexity index is 504. The topological polar surface area (TPSA) is 35.6 Å². The van der Waals surface area contributed by atoms with Crippen LogP contribution < -0.4 is 5.32 Å². The molecule has 0 aliphatic carbocycles. The van der Waals surface area contributed by atoms with Crippen LogP contribution >= 0.6 is 11.8 Å². The van der Waals surface area contributed by atoms with Gasteiger partial charge in [0.05, 0.1) is 5.25 Å². The molecule has 1 aromatic carbocycles. The summed E-state index contributed by atoms with van der Waals surface area (Å²) in [5.41, 5.74) is 1.29. The molecule has 0 saturated carbocycles. The molecule has 4 nitrogen and oxygen atoms in total. The average molecular weight is 334 g/mol. The normalized spacial score (nSPS) is 23.9. The largest absolute Gasteiger partial charge is 0.340 e. The van der Waals surface area contributed by atoms with E-state index in [2.05, 4.69) is 39.4 Å². The van der Waals surface area contributed by atoms with Gasteiger partial charge in [0, 0.05) is 51.1 Å². The SMILES string of the molecule is CC(SCc1ccccc1)C(=O)N1CCC(N2CCNCC2)C1. The number of hydrogen-bond donors (Lipinski definition) is 1. The summed E-state index contributed by atoms with van der Waals surface area (Å²) in [4.78, 5) is 17.3. The van der Waals surface area contributed by atoms with Gasteiger partial charge in [0.1, 0.15) is 0 Å². The number of piperazine rings is 1. The van der Waals surface area contributed by atoms with E-state index in [1.165, 1.54) is 5.56 Å². The Hall–Kier alpha value is -1.04. The third-order valence-electron chi connectivity index (χ3n) is 4.83. The Kier molecular flexibility index (Phi) is 5.97. The zero-order chi connectivity index (χ0) is 16.1. The molecule has 2 atom stereocenters. The minimum absolute atomic E-state index is 0.0389. The summed E-state index contributed by atoms with van der Waals surface area (Å²) in [7, 11) is 0. The van der Waals surface area contributed by atoms with E-state index in [9.17, 15) is 4.79 Å². The zero-order valence-corrected chi connectivity index (χ0v) is 14.7. The number of likely N-dealkylation sites (tertiary alicyclic amines) is 1. The first kappa shape index (κ1) is 16.8. The minimum Gasteiger partial charge on any atom is -0.340 e. The summed E-state index contributed by atoms with van der Waals surface area (Å²) in [6.45, 7) is 8.27. The quantitative estimate of drug-likeness (QED) is 0.891. The molecule has 2 fully saturated rings. The van der Waals surface area contributed by atoms with Crippen LogP contribution in [0.4, 0.5) is 0 Å². The molecule has 0 spiro atoms. The summed E-state index contributed by atoms with van der Waals surface area (Å²) < 4.78 is 0. The Balaban J connectivity index is 1.46. The number of carbonyl (C=O) groups excluding carboxylic acids is 1. The van der Waals surface area contributed by atoms with Crippen LogP contribution in [-0.4, -0.2) is 66.3 Å². The second-order valence-electron chi connectivity index (χ2n) is 6.45. The van der Waals surface area contributed by atoms with Crippen molar-refractivity contribution in [3.05, 3.63) is 35.9 Å². The maximum Gasteiger partial charge on any atom is 0.235 e. The molecule has 0 aromatic heterocycles. The first-order chi connectivity index (χ1) is 11.2. The second kappa shape index (κ2) is 8.18. The van der Waals surface area contributed by atoms with Crippen molar-refractivity contribution in [2.45, 2.75) is 30.4 Å². The van der Waals surface area contributed by atoms with Gasteiger partial charge in [0.2, 0.25) is 5.91 Å². The number of carbonyl (C=O) groups is 1. The number of nitrogens with one attached hydrogen (secondary N) is 1. The lowest BCUT2D eigenvalue weighted by Gasteiger charge is -2.32. The summed E-state index contributed by atoms with van der Waals surface area (Å²) in [6, 6.07) is 11.0. The molecular formula is C18H27N3OS. The van der Waals surface area contributed by atoms with Crippen LogP contribution in [0.5, 0.6) is 0 Å². The lowest BCUT2D eigenvalue weighted by molar-refractivity contribution is -0.129. The van der Waals surface area contributed by atoms with Crippen molar-refractivity contribution in [2.24, 2.45) is 0 Å². The molecule has 2 saturated heterocycles. The highest BCUT2D eigenvalue weighted by Crippen LogP contribution is 2.23. The van der Waals surface area contributed by atoms with Crippen molar-refractivity contribution in [3.8, 4) is 0 Å². The van der Waals surface area contributed by atoms with E-state index >= 15 is 0 Å². The molecule has 5 heteroatoms. The molecule has 2 aliphatic rings. The number of benzene rings is 1. The molecule has 3 rings (SSSR count). The molecule has 1 N–H and O–H groups in total. The van der Waals surface area contributed by atoms with Gasteiger partial charge in [-0.3, -0.25) is 9.69 Å². The molecular weight excluding hydrogens is 306 g/mol. The monoisotopic (exact) mass is 333 g/mol. The minimum atomic E-state index is 0.0389. The fourth-order valence-corrected chi connectivity index (χ4v) is 4.34. The fraction of sp³-hybridized carbons (Fsp3) is 0.611. The van der Waals surface area contributed by atoms with Crippen molar-refractivity contribution in [1.82, 2.24) is 15.1 Å². The highest BCUT2D eigenvalue weighted by atomic mass is 32.2. The second-order valence-corrected chi connectivity index (χ2v) is 7.78. The van der Waals surface area contributed by atoms with Crippen molar-refractivity contribution < 1.29 is 4.79 Å². The van der Waals surface area contributed by atoms with Crippen LogP contribution in [0.25, 0.3) is 0 Å². The highest BCUT2D eigenvalue weighted by molar-refractivity contribution is 7.99. The molecule has 2 unspecified atom stereocenters. The number of rotatable bonds is 5. The molecule has 2 heterocycles. The van der Waals surface area contributed by atoms with E-state index in [-0.39, 0.29) is 5.25 Å². The Labute approximate surface area is 143 Å². The maximum atomic E-state index is 12.7. The lowest BCUT2D eigenvalue weighted by Crippen LogP contribution is -2.49. The van der Waals surface area contributed by atoms with Gasteiger partial charge in [-0.05, 0) is 18.9 Å². The van der Waals surface area contributed by atoms with Gasteiger partial charge < -0.3 is 10.2 Å². The molecule has 126 valence electrons. The lowest BCUT2D eigenvalue weighted by atomic mass is 10.2. The molecule has 1 amide bonds. The number of thioether (sulfide) groups is 1. The Morgan fingerprint density at radius 2 is 2.00 bits per heavy atom. The standard InChI is InChI=1S/C18H27N3OS/c1-15(23-14-16-5-3-2-4-6-16)18(22)21-10-7-17(13-21)20-11-8-19-9-12-20/h2-6,15,17,19H,7-14H2,1H3. The molecule has 2 aliphatic heterocycles. The van der Waals surface area contributed by atoms with Gasteiger partial charge in [0.15, 0.2) is 0 Å². The van der Waals surface area contributed by atoms with Crippen molar-refractivity contribution in [1.29, 1.82) is 0 Å². The fourth-order valence-electron chi connectivity index (χ4n) is 3.41. The summed E-state index contributed by atoms with van der Waals surface area (Å²) in [5, 5.41) is 3.44. The molecule has 0 bridgehead atoms. The van der Waals surface area contributed by atoms with Crippen LogP contribution in [-0.2, 0) is 10.5 Å². The van der Waals surface area contributed by atoms with Crippen molar-refractivity contribution in [3.63, 3.8) is 0 Å². The average Bonchev–Trinajstić information content (AvgIpc) is 3.11. The Morgan fingerprint density at radius 3 is 2.74 bits per heavy atom. The third-order valence-corrected chi connectivity index (χ3v) is 6.04. The van der Waals surface area contributed by atoms with E-state index < -0.39 is 0 Å². The highest BCUT2D eigenvalue weighted by Gasteiger charge is 2.32. The predicted molar refractivity (Wildman–Crippen MR) is 96.6 cm³/mol. The van der Waals surface area contributed by atoms with Crippen LogP contribution in [0.15, 0.2) is 30.3 Å². The predicted octanol–water partition coefficient (Wildman–Crippen LogP) is 1.81. The first-order valence-electron chi connectivity index (χ1n) is 8.63. The molecule has 1 aromatic rings. The third kappa shape index (κ3) is 4.49. The van der Waals surface area contributed by atoms with E-state index in [1.807, 2.05) is 13.0 Å². The van der Waals surface area contributed by atoms with E-state index in [0.717, 1.165) is 51.4 Å². The van der Waals surface area contributed by atoms with Gasteiger partial charge in [-0.1, -0.05) is 30.3 Å².